The van der Waals surface area contributed by atoms with Gasteiger partial charge in [-0.15, -0.1) is 0 Å². The maximum atomic E-state index is 12.5. The summed E-state index contributed by atoms with van der Waals surface area (Å²) < 4.78 is 83.2. The van der Waals surface area contributed by atoms with Crippen LogP contribution < -0.4 is 10.6 Å². The first-order chi connectivity index (χ1) is 27.7. The number of fused-ring (bicyclic) bond motifs is 2. The van der Waals surface area contributed by atoms with Crippen molar-refractivity contribution in [3.05, 3.63) is 107 Å². The van der Waals surface area contributed by atoms with E-state index in [1.807, 2.05) is 6.07 Å². The van der Waals surface area contributed by atoms with Gasteiger partial charge in [0, 0.05) is 36.6 Å². The molecule has 2 aromatic carbocycles. The van der Waals surface area contributed by atoms with Crippen LogP contribution in [0.2, 0.25) is 0 Å². The van der Waals surface area contributed by atoms with Crippen LogP contribution in [0.3, 0.4) is 0 Å². The predicted octanol–water partition coefficient (Wildman–Crippen LogP) is 8.94. The number of esters is 1. The third kappa shape index (κ3) is 10.7. The molecule has 0 aliphatic carbocycles. The van der Waals surface area contributed by atoms with Gasteiger partial charge in [-0.1, -0.05) is 12.1 Å². The predicted molar refractivity (Wildman–Crippen MR) is 209 cm³/mol. The molecule has 2 unspecified atom stereocenters. The number of aliphatic hydroxyl groups is 2. The Morgan fingerprint density at radius 3 is 1.46 bits per heavy atom. The molecule has 0 saturated heterocycles. The lowest BCUT2D eigenvalue weighted by molar-refractivity contribution is -0.132. The quantitative estimate of drug-likeness (QED) is 0.0595. The Bertz CT molecular complexity index is 2470. The minimum Gasteiger partial charge on any atom is -0.478 e. The first kappa shape index (κ1) is 44.0. The third-order valence-corrected chi connectivity index (χ3v) is 9.35. The van der Waals surface area contributed by atoms with Crippen molar-refractivity contribution in [2.24, 2.45) is 0 Å². The summed E-state index contributed by atoms with van der Waals surface area (Å²) in [6, 6.07) is 13.2. The van der Waals surface area contributed by atoms with Crippen molar-refractivity contribution in [1.29, 1.82) is 0 Å². The normalized spacial score (nSPS) is 12.8. The smallest absolute Gasteiger partial charge is 0.390 e. The number of carbonyl (C=O) groups excluding carboxylic acids is 1. The first-order valence-corrected chi connectivity index (χ1v) is 18.2. The molecule has 18 heteroatoms. The van der Waals surface area contributed by atoms with E-state index < -0.39 is 49.3 Å². The van der Waals surface area contributed by atoms with Crippen LogP contribution in [0.25, 0.3) is 33.8 Å². The molecule has 2 atom stereocenters. The number of anilines is 2. The van der Waals surface area contributed by atoms with Gasteiger partial charge in [-0.3, -0.25) is 8.80 Å². The maximum Gasteiger partial charge on any atom is 0.390 e. The zero-order valence-electron chi connectivity index (χ0n) is 32.5. The van der Waals surface area contributed by atoms with Gasteiger partial charge in [0.2, 0.25) is 0 Å². The van der Waals surface area contributed by atoms with Crippen molar-refractivity contribution in [3.8, 4) is 22.5 Å². The molecule has 0 radical (unpaired) electrons. The van der Waals surface area contributed by atoms with Crippen LogP contribution >= 0.6 is 0 Å². The number of alkyl halides is 6. The summed E-state index contributed by atoms with van der Waals surface area (Å²) in [5.41, 5.74) is 7.31. The van der Waals surface area contributed by atoms with E-state index >= 15 is 0 Å². The summed E-state index contributed by atoms with van der Waals surface area (Å²) in [5.74, 6) is -1.47. The number of benzene rings is 2. The number of imidazole rings is 2. The molecule has 59 heavy (non-hydrogen) atoms. The molecule has 4 heterocycles. The molecule has 6 rings (SSSR count). The molecule has 4 aromatic heterocycles. The highest BCUT2D eigenvalue weighted by molar-refractivity contribution is 5.92. The van der Waals surface area contributed by atoms with Gasteiger partial charge in [0.05, 0.1) is 78.4 Å². The van der Waals surface area contributed by atoms with E-state index in [2.05, 4.69) is 20.6 Å². The maximum absolute atomic E-state index is 12.5. The minimum atomic E-state index is -4.28. The number of rotatable bonds is 12. The molecule has 0 aliphatic rings. The van der Waals surface area contributed by atoms with Crippen LogP contribution in [0.15, 0.2) is 73.3 Å². The Morgan fingerprint density at radius 1 is 0.712 bits per heavy atom. The van der Waals surface area contributed by atoms with Crippen LogP contribution in [0.4, 0.5) is 37.7 Å². The second-order valence-electron chi connectivity index (χ2n) is 13.8. The van der Waals surface area contributed by atoms with E-state index in [0.29, 0.717) is 67.4 Å². The van der Waals surface area contributed by atoms with Crippen molar-refractivity contribution in [2.45, 2.75) is 65.1 Å². The van der Waals surface area contributed by atoms with Crippen molar-refractivity contribution in [3.63, 3.8) is 0 Å². The number of aromatic nitrogens is 4. The number of ether oxygens (including phenoxy) is 1. The van der Waals surface area contributed by atoms with Crippen LogP contribution in [0.5, 0.6) is 0 Å². The molecule has 5 N–H and O–H groups in total. The highest BCUT2D eigenvalue weighted by Gasteiger charge is 2.27. The number of methoxy groups -OCH3 is 1. The van der Waals surface area contributed by atoms with Gasteiger partial charge in [0.15, 0.2) is 11.3 Å². The average Bonchev–Trinajstić information content (AvgIpc) is 3.78. The Hall–Kier alpha value is -6.14. The summed E-state index contributed by atoms with van der Waals surface area (Å²) in [6.45, 7) is 5.97. The Labute approximate surface area is 334 Å². The molecule has 6 aromatic rings. The zero-order chi connectivity index (χ0) is 43.4. The molecule has 0 spiro atoms. The lowest BCUT2D eigenvalue weighted by Gasteiger charge is -2.14. The molecule has 0 fully saturated rings. The second-order valence-corrected chi connectivity index (χ2v) is 13.8. The van der Waals surface area contributed by atoms with Gasteiger partial charge in [0.25, 0.3) is 0 Å². The fourth-order valence-corrected chi connectivity index (χ4v) is 6.26. The summed E-state index contributed by atoms with van der Waals surface area (Å²) in [4.78, 5) is 31.7. The number of carboxylic acid groups (broad SMARTS) is 1. The van der Waals surface area contributed by atoms with Crippen LogP contribution in [0.1, 0.15) is 81.9 Å². The van der Waals surface area contributed by atoms with Gasteiger partial charge in [0.1, 0.15) is 0 Å². The van der Waals surface area contributed by atoms with E-state index in [9.17, 15) is 51.3 Å². The van der Waals surface area contributed by atoms with Crippen molar-refractivity contribution >= 4 is 34.6 Å². The number of nitrogens with one attached hydrogen (secondary N) is 2. The summed E-state index contributed by atoms with van der Waals surface area (Å²) >= 11 is 0. The highest BCUT2D eigenvalue weighted by atomic mass is 19.4. The monoisotopic (exact) mass is 828 g/mol. The number of carbonyl (C=O) groups is 2. The third-order valence-electron chi connectivity index (χ3n) is 9.35. The van der Waals surface area contributed by atoms with E-state index in [1.165, 1.54) is 13.2 Å². The fraction of sp³-hybridized carbons (Fsp3) is 0.317. The summed E-state index contributed by atoms with van der Waals surface area (Å²) in [7, 11) is 1.31. The molecule has 0 bridgehead atoms. The average molecular weight is 829 g/mol. The molecule has 314 valence electrons. The van der Waals surface area contributed by atoms with E-state index in [0.717, 1.165) is 5.56 Å². The number of pyridine rings is 2. The topological polar surface area (TPSA) is 163 Å². The Kier molecular flexibility index (Phi) is 13.3. The lowest BCUT2D eigenvalue weighted by atomic mass is 10.0. The van der Waals surface area contributed by atoms with Gasteiger partial charge >= 0.3 is 24.3 Å². The molecular formula is C41H42F6N6O6. The highest BCUT2D eigenvalue weighted by Crippen LogP contribution is 2.32. The van der Waals surface area contributed by atoms with Gasteiger partial charge in [-0.2, -0.15) is 26.3 Å². The number of aryl methyl sites for hydroxylation is 2. The van der Waals surface area contributed by atoms with Crippen molar-refractivity contribution < 1.29 is 56.0 Å². The first-order valence-electron chi connectivity index (χ1n) is 18.2. The number of aliphatic hydroxyl groups excluding tert-OH is 2. The minimum absolute atomic E-state index is 0.182. The standard InChI is InChI=1S/C21H22F3N3O3.C20H20F3N3O3/c1-12-8-14(4-5-16(12)20(29)30-3)18-10-26-19-17(25-7-6-21(22,23)24)9-15(13(2)28)11-27(18)19;1-11-7-13(3-4-15(11)19(28)29)17-9-25-18-16(24-6-5-20(21,22)23)8-14(12(2)27)10-26(17)18/h4-5,8-11,13,25,28H,6-7H2,1-3H3;3-4,7-10,12,24,27H,5-6H2,1-2H3,(H,28,29). The Morgan fingerprint density at radius 2 is 1.12 bits per heavy atom. The molecule has 0 amide bonds. The van der Waals surface area contributed by atoms with Gasteiger partial charge in [-0.25, -0.2) is 19.6 Å². The number of hydrogen-bond donors (Lipinski definition) is 5. The fourth-order valence-electron chi connectivity index (χ4n) is 6.26. The van der Waals surface area contributed by atoms with Crippen molar-refractivity contribution in [2.75, 3.05) is 30.8 Å². The number of halogens is 6. The van der Waals surface area contributed by atoms with Crippen LogP contribution in [-0.2, 0) is 4.74 Å². The zero-order valence-corrected chi connectivity index (χ0v) is 32.5. The van der Waals surface area contributed by atoms with Crippen LogP contribution in [-0.4, -0.2) is 78.6 Å². The Balaban J connectivity index is 0.000000224. The number of nitrogens with zero attached hydrogens (tertiary/aromatic N) is 4. The van der Waals surface area contributed by atoms with Gasteiger partial charge in [-0.05, 0) is 86.3 Å². The largest absolute Gasteiger partial charge is 0.478 e. The lowest BCUT2D eigenvalue weighted by Crippen LogP contribution is -2.15. The van der Waals surface area contributed by atoms with E-state index in [1.54, 1.807) is 97.7 Å². The molecule has 0 aliphatic heterocycles. The van der Waals surface area contributed by atoms with E-state index in [-0.39, 0.29) is 18.7 Å². The SMILES string of the molecule is COC(=O)c1ccc(-c2cnc3c(NCCC(F)(F)F)cc(C(C)O)cn23)cc1C.Cc1cc(-c2cnc3c(NCCC(F)(F)F)cc(C(C)O)cn23)ccc1C(=O)O. The number of hydrogen-bond acceptors (Lipinski definition) is 9. The summed E-state index contributed by atoms with van der Waals surface area (Å²) in [5, 5.41) is 34.8. The molecular weight excluding hydrogens is 786 g/mol. The summed E-state index contributed by atoms with van der Waals surface area (Å²) in [6.07, 6.45) is -5.68. The van der Waals surface area contributed by atoms with Gasteiger partial charge < -0.3 is 30.7 Å². The van der Waals surface area contributed by atoms with Crippen LogP contribution in [0, 0.1) is 13.8 Å². The van der Waals surface area contributed by atoms with E-state index in [4.69, 9.17) is 4.74 Å². The second kappa shape index (κ2) is 17.8. The molecule has 12 nitrogen and oxygen atoms in total. The number of aromatic carboxylic acids is 1. The number of carboxylic acids is 1. The molecule has 0 saturated carbocycles. The van der Waals surface area contributed by atoms with Crippen molar-refractivity contribution in [1.82, 2.24) is 18.8 Å².